The molecular formula is C39H77N2O6P. The number of aliphatic hydroxyl groups excluding tert-OH is 1. The van der Waals surface area contributed by atoms with Gasteiger partial charge in [0.05, 0.1) is 39.9 Å². The minimum atomic E-state index is -4.58. The van der Waals surface area contributed by atoms with Gasteiger partial charge < -0.3 is 28.8 Å². The van der Waals surface area contributed by atoms with E-state index in [2.05, 4.69) is 31.3 Å². The van der Waals surface area contributed by atoms with Crippen LogP contribution < -0.4 is 10.2 Å². The van der Waals surface area contributed by atoms with Crippen LogP contribution >= 0.6 is 7.82 Å². The van der Waals surface area contributed by atoms with Crippen molar-refractivity contribution >= 4 is 13.7 Å². The van der Waals surface area contributed by atoms with Crippen LogP contribution in [0.1, 0.15) is 168 Å². The van der Waals surface area contributed by atoms with Gasteiger partial charge in [0.1, 0.15) is 13.2 Å². The molecule has 0 heterocycles. The van der Waals surface area contributed by atoms with Crippen LogP contribution in [0.4, 0.5) is 0 Å². The quantitative estimate of drug-likeness (QED) is 0.0295. The number of allylic oxidation sites excluding steroid dienone is 3. The van der Waals surface area contributed by atoms with E-state index < -0.39 is 26.6 Å². The monoisotopic (exact) mass is 701 g/mol. The van der Waals surface area contributed by atoms with Crippen molar-refractivity contribution in [3.8, 4) is 0 Å². The molecule has 0 radical (unpaired) electrons. The highest BCUT2D eigenvalue weighted by molar-refractivity contribution is 7.45. The second kappa shape index (κ2) is 31.9. The second-order valence-electron chi connectivity index (χ2n) is 14.6. The van der Waals surface area contributed by atoms with Gasteiger partial charge in [-0.25, -0.2) is 0 Å². The van der Waals surface area contributed by atoms with E-state index in [-0.39, 0.29) is 12.5 Å². The van der Waals surface area contributed by atoms with Crippen LogP contribution in [0.5, 0.6) is 0 Å². The van der Waals surface area contributed by atoms with E-state index in [9.17, 15) is 19.4 Å². The van der Waals surface area contributed by atoms with Crippen LogP contribution in [0.25, 0.3) is 0 Å². The number of likely N-dealkylation sites (N-methyl/N-ethyl adjacent to an activating group) is 1. The van der Waals surface area contributed by atoms with Crippen molar-refractivity contribution in [2.24, 2.45) is 0 Å². The number of hydrogen-bond donors (Lipinski definition) is 2. The van der Waals surface area contributed by atoms with Gasteiger partial charge in [-0.1, -0.05) is 154 Å². The molecule has 0 aliphatic heterocycles. The van der Waals surface area contributed by atoms with E-state index in [1.807, 2.05) is 27.2 Å². The van der Waals surface area contributed by atoms with Crippen molar-refractivity contribution in [3.05, 3.63) is 24.3 Å². The normalized spacial score (nSPS) is 14.9. The highest BCUT2D eigenvalue weighted by Gasteiger charge is 2.23. The van der Waals surface area contributed by atoms with Crippen molar-refractivity contribution in [1.29, 1.82) is 0 Å². The number of aliphatic hydroxyl groups is 1. The van der Waals surface area contributed by atoms with Gasteiger partial charge in [-0.2, -0.15) is 0 Å². The van der Waals surface area contributed by atoms with E-state index >= 15 is 0 Å². The molecular weight excluding hydrogens is 623 g/mol. The smallest absolute Gasteiger partial charge is 0.268 e. The number of phosphoric ester groups is 1. The van der Waals surface area contributed by atoms with Crippen LogP contribution in [0.3, 0.4) is 0 Å². The Morgan fingerprint density at radius 3 is 1.69 bits per heavy atom. The fourth-order valence-electron chi connectivity index (χ4n) is 5.46. The Morgan fingerprint density at radius 2 is 1.17 bits per heavy atom. The molecule has 0 aromatic heterocycles. The van der Waals surface area contributed by atoms with E-state index in [1.54, 1.807) is 6.08 Å². The van der Waals surface area contributed by atoms with Gasteiger partial charge in [0, 0.05) is 6.42 Å². The van der Waals surface area contributed by atoms with Gasteiger partial charge >= 0.3 is 0 Å². The molecule has 1 amide bonds. The fraction of sp³-hybridized carbons (Fsp3) is 0.872. The molecule has 0 aromatic carbocycles. The second-order valence-corrected chi connectivity index (χ2v) is 16.0. The maximum Gasteiger partial charge on any atom is 0.268 e. The lowest BCUT2D eigenvalue weighted by Gasteiger charge is -2.29. The van der Waals surface area contributed by atoms with E-state index in [0.29, 0.717) is 17.4 Å². The first-order chi connectivity index (χ1) is 23.0. The zero-order valence-corrected chi connectivity index (χ0v) is 32.8. The topological polar surface area (TPSA) is 108 Å². The summed E-state index contributed by atoms with van der Waals surface area (Å²) in [6.45, 7) is 4.56. The third kappa shape index (κ3) is 33.5. The SMILES string of the molecule is CCCCC/C=C/CC/C=C/C(O)C(COP(=O)([O-])OCC[N+](C)(C)C)NC(=O)CCCCCCCCCCCCCCCCCCC. The average Bonchev–Trinajstić information content (AvgIpc) is 3.02. The Morgan fingerprint density at radius 1 is 0.708 bits per heavy atom. The summed E-state index contributed by atoms with van der Waals surface area (Å²) in [5.41, 5.74) is 0. The van der Waals surface area contributed by atoms with Crippen LogP contribution in [-0.4, -0.2) is 68.5 Å². The largest absolute Gasteiger partial charge is 0.756 e. The van der Waals surface area contributed by atoms with Crippen molar-refractivity contribution in [2.45, 2.75) is 180 Å². The summed E-state index contributed by atoms with van der Waals surface area (Å²) in [6, 6.07) is -0.895. The Labute approximate surface area is 296 Å². The Balaban J connectivity index is 4.40. The molecule has 48 heavy (non-hydrogen) atoms. The number of carbonyl (C=O) groups excluding carboxylic acids is 1. The van der Waals surface area contributed by atoms with Crippen molar-refractivity contribution in [2.75, 3.05) is 40.9 Å². The number of amides is 1. The molecule has 0 aromatic rings. The summed E-state index contributed by atoms with van der Waals surface area (Å²) in [6.07, 6.45) is 35.2. The number of phosphoric acid groups is 1. The Bertz CT molecular complexity index is 845. The summed E-state index contributed by atoms with van der Waals surface area (Å²) in [4.78, 5) is 25.1. The summed E-state index contributed by atoms with van der Waals surface area (Å²) >= 11 is 0. The van der Waals surface area contributed by atoms with Gasteiger partial charge in [-0.05, 0) is 32.1 Å². The lowest BCUT2D eigenvalue weighted by Crippen LogP contribution is -2.45. The lowest BCUT2D eigenvalue weighted by molar-refractivity contribution is -0.870. The lowest BCUT2D eigenvalue weighted by atomic mass is 10.0. The van der Waals surface area contributed by atoms with Crippen molar-refractivity contribution < 1.29 is 32.9 Å². The maximum atomic E-state index is 12.8. The molecule has 2 N–H and O–H groups in total. The molecule has 0 saturated heterocycles. The van der Waals surface area contributed by atoms with E-state index in [1.165, 1.54) is 109 Å². The van der Waals surface area contributed by atoms with Crippen LogP contribution in [0, 0.1) is 0 Å². The molecule has 0 spiro atoms. The molecule has 8 nitrogen and oxygen atoms in total. The average molecular weight is 701 g/mol. The maximum absolute atomic E-state index is 12.8. The zero-order valence-electron chi connectivity index (χ0n) is 31.9. The van der Waals surface area contributed by atoms with E-state index in [0.717, 1.165) is 38.5 Å². The summed E-state index contributed by atoms with van der Waals surface area (Å²) in [5, 5.41) is 13.6. The predicted octanol–water partition coefficient (Wildman–Crippen LogP) is 9.55. The molecule has 0 rings (SSSR count). The number of quaternary nitrogens is 1. The summed E-state index contributed by atoms with van der Waals surface area (Å²) < 4.78 is 23.0. The third-order valence-electron chi connectivity index (χ3n) is 8.66. The van der Waals surface area contributed by atoms with Crippen LogP contribution in [0.2, 0.25) is 0 Å². The van der Waals surface area contributed by atoms with Crippen LogP contribution in [-0.2, 0) is 18.4 Å². The number of carbonyl (C=O) groups is 1. The number of unbranched alkanes of at least 4 members (excludes halogenated alkanes) is 20. The Kier molecular flexibility index (Phi) is 31.2. The predicted molar refractivity (Wildman–Crippen MR) is 201 cm³/mol. The Hall–Kier alpha value is -1.02. The molecule has 3 unspecified atom stereocenters. The molecule has 0 aliphatic carbocycles. The van der Waals surface area contributed by atoms with Gasteiger partial charge in [0.25, 0.3) is 7.82 Å². The number of hydrogen-bond acceptors (Lipinski definition) is 6. The molecule has 0 bridgehead atoms. The molecule has 3 atom stereocenters. The standard InChI is InChI=1S/C39H77N2O6P/c1-6-8-10-12-14-16-17-18-19-20-21-22-23-25-27-29-31-33-39(43)40-37(36-47-48(44,45)46-35-34-41(3,4)5)38(42)32-30-28-26-24-15-13-11-9-7-2/h15,24,30,32,37-38,42H,6-14,16-23,25-29,31,33-36H2,1-5H3,(H-,40,43,44,45)/b24-15+,32-30+. The van der Waals surface area contributed by atoms with Gasteiger partial charge in [-0.3, -0.25) is 9.36 Å². The van der Waals surface area contributed by atoms with Crippen LogP contribution in [0.15, 0.2) is 24.3 Å². The third-order valence-corrected chi connectivity index (χ3v) is 9.63. The zero-order chi connectivity index (χ0) is 35.8. The van der Waals surface area contributed by atoms with Gasteiger partial charge in [0.2, 0.25) is 5.91 Å². The summed E-state index contributed by atoms with van der Waals surface area (Å²) in [5.74, 6) is -0.210. The highest BCUT2D eigenvalue weighted by Crippen LogP contribution is 2.38. The number of nitrogens with zero attached hydrogens (tertiary/aromatic N) is 1. The van der Waals surface area contributed by atoms with Gasteiger partial charge in [0.15, 0.2) is 0 Å². The first-order valence-corrected chi connectivity index (χ1v) is 21.2. The molecule has 284 valence electrons. The first-order valence-electron chi connectivity index (χ1n) is 19.7. The molecule has 9 heteroatoms. The minimum absolute atomic E-state index is 0.00493. The highest BCUT2D eigenvalue weighted by atomic mass is 31.2. The summed E-state index contributed by atoms with van der Waals surface area (Å²) in [7, 11) is 1.24. The molecule has 0 fully saturated rings. The molecule has 0 aliphatic rings. The minimum Gasteiger partial charge on any atom is -0.756 e. The number of nitrogens with one attached hydrogen (secondary N) is 1. The number of rotatable bonds is 35. The molecule has 0 saturated carbocycles. The first kappa shape index (κ1) is 47.0. The van der Waals surface area contributed by atoms with Crippen molar-refractivity contribution in [1.82, 2.24) is 5.32 Å². The fourth-order valence-corrected chi connectivity index (χ4v) is 6.18. The van der Waals surface area contributed by atoms with E-state index in [4.69, 9.17) is 9.05 Å². The van der Waals surface area contributed by atoms with Gasteiger partial charge in [-0.15, -0.1) is 0 Å². The van der Waals surface area contributed by atoms with Crippen molar-refractivity contribution in [3.63, 3.8) is 0 Å².